The quantitative estimate of drug-likeness (QED) is 0.630. The Labute approximate surface area is 177 Å². The van der Waals surface area contributed by atoms with Crippen molar-refractivity contribution in [1.82, 2.24) is 15.0 Å². The first-order valence-corrected chi connectivity index (χ1v) is 11.5. The second kappa shape index (κ2) is 9.90. The Balaban J connectivity index is 1.77. The van der Waals surface area contributed by atoms with Crippen LogP contribution in [-0.4, -0.2) is 39.1 Å². The van der Waals surface area contributed by atoms with Crippen LogP contribution >= 0.6 is 0 Å². The monoisotopic (exact) mass is 433 g/mol. The molecule has 0 unspecified atom stereocenters. The standard InChI is InChI=1S/C21H27N3O5S/c1-3-29-21-16(7-6-12-22-21)14-23-20(25)15-10-11-18(28-2)19(13-15)30(26,27)24-17-8-4-5-9-17/h6-7,10-13,17,24H,3-5,8-9,14H2,1-2H3,(H,23,25). The molecule has 0 radical (unpaired) electrons. The topological polar surface area (TPSA) is 107 Å². The van der Waals surface area contributed by atoms with E-state index < -0.39 is 15.9 Å². The van der Waals surface area contributed by atoms with Crippen LogP contribution in [0.5, 0.6) is 11.6 Å². The molecule has 0 spiro atoms. The number of carbonyl (C=O) groups is 1. The maximum Gasteiger partial charge on any atom is 0.251 e. The summed E-state index contributed by atoms with van der Waals surface area (Å²) in [6.45, 7) is 2.53. The number of hydrogen-bond acceptors (Lipinski definition) is 6. The zero-order valence-electron chi connectivity index (χ0n) is 17.2. The smallest absolute Gasteiger partial charge is 0.251 e. The summed E-state index contributed by atoms with van der Waals surface area (Å²) < 4.78 is 39.2. The molecule has 1 heterocycles. The lowest BCUT2D eigenvalue weighted by atomic mass is 10.2. The Morgan fingerprint density at radius 3 is 2.70 bits per heavy atom. The Bertz CT molecular complexity index is 988. The molecule has 1 aromatic carbocycles. The van der Waals surface area contributed by atoms with Gasteiger partial charge in [0, 0.05) is 29.9 Å². The average Bonchev–Trinajstić information content (AvgIpc) is 3.25. The molecule has 8 nitrogen and oxygen atoms in total. The van der Waals surface area contributed by atoms with E-state index in [9.17, 15) is 13.2 Å². The van der Waals surface area contributed by atoms with Crippen molar-refractivity contribution in [1.29, 1.82) is 0 Å². The molecule has 1 aliphatic rings. The lowest BCUT2D eigenvalue weighted by Crippen LogP contribution is -2.33. The molecule has 0 bridgehead atoms. The maximum atomic E-state index is 12.9. The third-order valence-electron chi connectivity index (χ3n) is 4.96. The number of amides is 1. The van der Waals surface area contributed by atoms with Crippen molar-refractivity contribution in [3.8, 4) is 11.6 Å². The zero-order valence-corrected chi connectivity index (χ0v) is 18.0. The Hall–Kier alpha value is -2.65. The third kappa shape index (κ3) is 5.28. The van der Waals surface area contributed by atoms with Gasteiger partial charge in [-0.15, -0.1) is 0 Å². The van der Waals surface area contributed by atoms with Crippen molar-refractivity contribution in [3.63, 3.8) is 0 Å². The predicted octanol–water partition coefficient (Wildman–Crippen LogP) is 2.64. The lowest BCUT2D eigenvalue weighted by molar-refractivity contribution is 0.0950. The highest BCUT2D eigenvalue weighted by molar-refractivity contribution is 7.89. The molecule has 1 saturated carbocycles. The molecule has 1 fully saturated rings. The molecule has 30 heavy (non-hydrogen) atoms. The van der Waals surface area contributed by atoms with Gasteiger partial charge in [-0.3, -0.25) is 4.79 Å². The van der Waals surface area contributed by atoms with E-state index in [1.807, 2.05) is 13.0 Å². The maximum absolute atomic E-state index is 12.9. The van der Waals surface area contributed by atoms with Gasteiger partial charge in [-0.05, 0) is 44.0 Å². The van der Waals surface area contributed by atoms with E-state index in [0.29, 0.717) is 12.5 Å². The normalized spacial score (nSPS) is 14.5. The van der Waals surface area contributed by atoms with Gasteiger partial charge in [-0.25, -0.2) is 18.1 Å². The molecular weight excluding hydrogens is 406 g/mol. The first-order chi connectivity index (χ1) is 14.4. The van der Waals surface area contributed by atoms with Crippen molar-refractivity contribution < 1.29 is 22.7 Å². The van der Waals surface area contributed by atoms with E-state index in [1.54, 1.807) is 12.3 Å². The number of benzene rings is 1. The SMILES string of the molecule is CCOc1ncccc1CNC(=O)c1ccc(OC)c(S(=O)(=O)NC2CCCC2)c1. The number of methoxy groups -OCH3 is 1. The summed E-state index contributed by atoms with van der Waals surface area (Å²) in [7, 11) is -2.40. The summed E-state index contributed by atoms with van der Waals surface area (Å²) in [5.41, 5.74) is 0.960. The van der Waals surface area contributed by atoms with Crippen LogP contribution in [0, 0.1) is 0 Å². The van der Waals surface area contributed by atoms with E-state index >= 15 is 0 Å². The number of pyridine rings is 1. The van der Waals surface area contributed by atoms with Crippen molar-refractivity contribution in [2.45, 2.75) is 50.1 Å². The highest BCUT2D eigenvalue weighted by Gasteiger charge is 2.26. The van der Waals surface area contributed by atoms with Gasteiger partial charge in [-0.1, -0.05) is 18.9 Å². The van der Waals surface area contributed by atoms with Crippen LogP contribution in [0.4, 0.5) is 0 Å². The molecule has 9 heteroatoms. The minimum Gasteiger partial charge on any atom is -0.495 e. The Kier molecular flexibility index (Phi) is 7.28. The number of hydrogen-bond donors (Lipinski definition) is 2. The fourth-order valence-corrected chi connectivity index (χ4v) is 4.96. The van der Waals surface area contributed by atoms with Crippen LogP contribution in [-0.2, 0) is 16.6 Å². The second-order valence-corrected chi connectivity index (χ2v) is 8.73. The number of rotatable bonds is 9. The fraction of sp³-hybridized carbons (Fsp3) is 0.429. The highest BCUT2D eigenvalue weighted by atomic mass is 32.2. The molecule has 162 valence electrons. The Morgan fingerprint density at radius 1 is 1.23 bits per heavy atom. The average molecular weight is 434 g/mol. The first-order valence-electron chi connectivity index (χ1n) is 10.00. The van der Waals surface area contributed by atoms with Crippen molar-refractivity contribution in [2.24, 2.45) is 0 Å². The summed E-state index contributed by atoms with van der Waals surface area (Å²) in [4.78, 5) is 16.8. The van der Waals surface area contributed by atoms with Gasteiger partial charge in [0.05, 0.1) is 13.7 Å². The van der Waals surface area contributed by atoms with Gasteiger partial charge >= 0.3 is 0 Å². The summed E-state index contributed by atoms with van der Waals surface area (Å²) in [5, 5.41) is 2.79. The van der Waals surface area contributed by atoms with Crippen LogP contribution in [0.2, 0.25) is 0 Å². The highest BCUT2D eigenvalue weighted by Crippen LogP contribution is 2.27. The number of ether oxygens (including phenoxy) is 2. The van der Waals surface area contributed by atoms with E-state index in [4.69, 9.17) is 9.47 Å². The van der Waals surface area contributed by atoms with E-state index in [2.05, 4.69) is 15.0 Å². The number of nitrogens with one attached hydrogen (secondary N) is 2. The van der Waals surface area contributed by atoms with Crippen LogP contribution in [0.25, 0.3) is 0 Å². The number of carbonyl (C=O) groups excluding carboxylic acids is 1. The molecule has 0 saturated heterocycles. The van der Waals surface area contributed by atoms with Gasteiger partial charge in [0.25, 0.3) is 5.91 Å². The molecule has 2 aromatic rings. The first kappa shape index (κ1) is 22.0. The third-order valence-corrected chi connectivity index (χ3v) is 6.50. The molecule has 1 aliphatic carbocycles. The number of sulfonamides is 1. The minimum absolute atomic E-state index is 0.0408. The summed E-state index contributed by atoms with van der Waals surface area (Å²) in [6, 6.07) is 7.87. The molecule has 3 rings (SSSR count). The summed E-state index contributed by atoms with van der Waals surface area (Å²) >= 11 is 0. The van der Waals surface area contributed by atoms with Crippen molar-refractivity contribution in [2.75, 3.05) is 13.7 Å². The van der Waals surface area contributed by atoms with Crippen LogP contribution < -0.4 is 19.5 Å². The molecular formula is C21H27N3O5S. The van der Waals surface area contributed by atoms with Crippen molar-refractivity contribution in [3.05, 3.63) is 47.7 Å². The van der Waals surface area contributed by atoms with Gasteiger partial charge in [0.15, 0.2) is 0 Å². The number of nitrogens with zero attached hydrogens (tertiary/aromatic N) is 1. The second-order valence-electron chi connectivity index (χ2n) is 7.05. The van der Waals surface area contributed by atoms with Crippen molar-refractivity contribution >= 4 is 15.9 Å². The zero-order chi connectivity index (χ0) is 21.6. The predicted molar refractivity (Wildman–Crippen MR) is 112 cm³/mol. The number of aromatic nitrogens is 1. The van der Waals surface area contributed by atoms with E-state index in [0.717, 1.165) is 31.2 Å². The molecule has 0 atom stereocenters. The molecule has 0 aliphatic heterocycles. The van der Waals surface area contributed by atoms with Gasteiger partial charge < -0.3 is 14.8 Å². The largest absolute Gasteiger partial charge is 0.495 e. The van der Waals surface area contributed by atoms with Gasteiger partial charge in [0.1, 0.15) is 10.6 Å². The molecule has 1 amide bonds. The van der Waals surface area contributed by atoms with Gasteiger partial charge in [0.2, 0.25) is 15.9 Å². The summed E-state index contributed by atoms with van der Waals surface area (Å²) in [6.07, 6.45) is 5.26. The van der Waals surface area contributed by atoms with E-state index in [-0.39, 0.29) is 28.8 Å². The Morgan fingerprint density at radius 2 is 2.00 bits per heavy atom. The minimum atomic E-state index is -3.81. The van der Waals surface area contributed by atoms with Crippen LogP contribution in [0.1, 0.15) is 48.5 Å². The molecule has 2 N–H and O–H groups in total. The lowest BCUT2D eigenvalue weighted by Gasteiger charge is -2.16. The van der Waals surface area contributed by atoms with Crippen LogP contribution in [0.15, 0.2) is 41.4 Å². The summed E-state index contributed by atoms with van der Waals surface area (Å²) in [5.74, 6) is 0.253. The molecule has 1 aromatic heterocycles. The fourth-order valence-electron chi connectivity index (χ4n) is 3.46. The van der Waals surface area contributed by atoms with Crippen LogP contribution in [0.3, 0.4) is 0 Å². The van der Waals surface area contributed by atoms with Gasteiger partial charge in [-0.2, -0.15) is 0 Å². The van der Waals surface area contributed by atoms with E-state index in [1.165, 1.54) is 25.3 Å².